The molecule has 3 aromatic rings. The summed E-state index contributed by atoms with van der Waals surface area (Å²) >= 11 is 17.5. The second kappa shape index (κ2) is 10.8. The van der Waals surface area contributed by atoms with Gasteiger partial charge in [-0.15, -0.1) is 11.6 Å². The standard InChI is InChI=1S/C25H19Cl3F3N3O3/c26-7-8-32-22(35)13-33-23(36)20-6-5-19(17-3-1-2-4-18(17)20)21-12-24(37-34-21,25(29,30)31)14-9-15(27)11-16(28)10-14/h1-6,9-11H,7-8,12-13H2,(H,32,35)(H,33,36). The Bertz CT molecular complexity index is 1380. The Kier molecular flexibility index (Phi) is 7.87. The van der Waals surface area contributed by atoms with E-state index in [2.05, 4.69) is 15.8 Å². The number of hydrogen-bond donors (Lipinski definition) is 2. The van der Waals surface area contributed by atoms with E-state index in [1.807, 2.05) is 0 Å². The maximum atomic E-state index is 14.4. The first kappa shape index (κ1) is 27.0. The number of rotatable bonds is 7. The number of hydrogen-bond acceptors (Lipinski definition) is 4. The first-order valence-electron chi connectivity index (χ1n) is 11.0. The van der Waals surface area contributed by atoms with Crippen LogP contribution in [0.2, 0.25) is 10.0 Å². The molecule has 0 fully saturated rings. The molecule has 1 aliphatic rings. The lowest BCUT2D eigenvalue weighted by molar-refractivity contribution is -0.275. The average Bonchev–Trinajstić information content (AvgIpc) is 3.32. The summed E-state index contributed by atoms with van der Waals surface area (Å²) in [4.78, 5) is 29.7. The Balaban J connectivity index is 1.67. The van der Waals surface area contributed by atoms with E-state index in [1.165, 1.54) is 18.2 Å². The molecule has 1 atom stereocenters. The van der Waals surface area contributed by atoms with E-state index in [4.69, 9.17) is 39.6 Å². The zero-order valence-electron chi connectivity index (χ0n) is 19.0. The molecule has 0 radical (unpaired) electrons. The van der Waals surface area contributed by atoms with Gasteiger partial charge in [-0.05, 0) is 35.0 Å². The monoisotopic (exact) mass is 571 g/mol. The fourth-order valence-electron chi connectivity index (χ4n) is 4.09. The summed E-state index contributed by atoms with van der Waals surface area (Å²) in [6.45, 7) is 0.00151. The Morgan fingerprint density at radius 1 is 1.00 bits per heavy atom. The van der Waals surface area contributed by atoms with E-state index in [1.54, 1.807) is 24.3 Å². The molecule has 6 nitrogen and oxygen atoms in total. The molecule has 37 heavy (non-hydrogen) atoms. The molecule has 0 bridgehead atoms. The van der Waals surface area contributed by atoms with Gasteiger partial charge in [-0.3, -0.25) is 9.59 Å². The van der Waals surface area contributed by atoms with Crippen molar-refractivity contribution in [3.63, 3.8) is 0 Å². The number of carbonyl (C=O) groups excluding carboxylic acids is 2. The Morgan fingerprint density at radius 3 is 2.32 bits per heavy atom. The minimum atomic E-state index is -4.84. The van der Waals surface area contributed by atoms with Crippen molar-refractivity contribution in [3.8, 4) is 0 Å². The number of nitrogens with one attached hydrogen (secondary N) is 2. The van der Waals surface area contributed by atoms with E-state index in [9.17, 15) is 22.8 Å². The molecule has 2 amide bonds. The van der Waals surface area contributed by atoms with Gasteiger partial charge in [-0.2, -0.15) is 13.2 Å². The van der Waals surface area contributed by atoms with Crippen LogP contribution in [0.4, 0.5) is 13.2 Å². The molecule has 0 spiro atoms. The van der Waals surface area contributed by atoms with Gasteiger partial charge in [0.15, 0.2) is 0 Å². The van der Waals surface area contributed by atoms with Crippen LogP contribution in [0.3, 0.4) is 0 Å². The van der Waals surface area contributed by atoms with Crippen molar-refractivity contribution in [2.24, 2.45) is 5.16 Å². The summed E-state index contributed by atoms with van der Waals surface area (Å²) in [7, 11) is 0. The van der Waals surface area contributed by atoms with Gasteiger partial charge in [0.05, 0.1) is 12.3 Å². The van der Waals surface area contributed by atoms with Gasteiger partial charge in [0.2, 0.25) is 5.91 Å². The Labute approximate surface area is 224 Å². The highest BCUT2D eigenvalue weighted by Gasteiger charge is 2.62. The van der Waals surface area contributed by atoms with Crippen molar-refractivity contribution in [2.75, 3.05) is 19.0 Å². The van der Waals surface area contributed by atoms with Gasteiger partial charge in [0.25, 0.3) is 11.5 Å². The molecule has 1 aliphatic heterocycles. The molecular formula is C25H19Cl3F3N3O3. The lowest BCUT2D eigenvalue weighted by atomic mass is 9.85. The molecule has 1 unspecified atom stereocenters. The van der Waals surface area contributed by atoms with Crippen LogP contribution in [-0.4, -0.2) is 42.7 Å². The normalized spacial score (nSPS) is 17.3. The second-order valence-electron chi connectivity index (χ2n) is 8.22. The van der Waals surface area contributed by atoms with Crippen molar-refractivity contribution in [2.45, 2.75) is 18.2 Å². The highest BCUT2D eigenvalue weighted by Crippen LogP contribution is 2.50. The quantitative estimate of drug-likeness (QED) is 0.351. The Morgan fingerprint density at radius 2 is 1.68 bits per heavy atom. The number of benzene rings is 3. The number of fused-ring (bicyclic) bond motifs is 1. The molecule has 4 rings (SSSR count). The second-order valence-corrected chi connectivity index (χ2v) is 9.47. The molecule has 2 N–H and O–H groups in total. The topological polar surface area (TPSA) is 79.8 Å². The zero-order valence-corrected chi connectivity index (χ0v) is 21.2. The average molecular weight is 573 g/mol. The lowest BCUT2D eigenvalue weighted by Gasteiger charge is -2.29. The molecule has 1 heterocycles. The predicted octanol–water partition coefficient (Wildman–Crippen LogP) is 5.81. The number of amides is 2. The van der Waals surface area contributed by atoms with Crippen LogP contribution < -0.4 is 10.6 Å². The van der Waals surface area contributed by atoms with Gasteiger partial charge < -0.3 is 15.5 Å². The third-order valence-corrected chi connectivity index (χ3v) is 6.45. The first-order valence-corrected chi connectivity index (χ1v) is 12.3. The van der Waals surface area contributed by atoms with Crippen LogP contribution in [0.15, 0.2) is 59.8 Å². The van der Waals surface area contributed by atoms with Crippen molar-refractivity contribution >= 4 is 63.1 Å². The summed E-state index contributed by atoms with van der Waals surface area (Å²) in [5.41, 5.74) is -2.41. The molecular weight excluding hydrogens is 554 g/mol. The van der Waals surface area contributed by atoms with Gasteiger partial charge in [-0.25, -0.2) is 0 Å². The number of halogens is 6. The highest BCUT2D eigenvalue weighted by molar-refractivity contribution is 6.34. The smallest absolute Gasteiger partial charge is 0.374 e. The van der Waals surface area contributed by atoms with Gasteiger partial charge in [0.1, 0.15) is 0 Å². The van der Waals surface area contributed by atoms with Crippen LogP contribution >= 0.6 is 34.8 Å². The molecule has 0 saturated carbocycles. The van der Waals surface area contributed by atoms with Crippen molar-refractivity contribution < 1.29 is 27.6 Å². The summed E-state index contributed by atoms with van der Waals surface area (Å²) in [6, 6.07) is 13.3. The van der Waals surface area contributed by atoms with Crippen LogP contribution in [-0.2, 0) is 15.2 Å². The maximum absolute atomic E-state index is 14.4. The van der Waals surface area contributed by atoms with Crippen LogP contribution in [0.1, 0.15) is 27.9 Å². The minimum absolute atomic E-state index is 0.0281. The van der Waals surface area contributed by atoms with E-state index < -0.39 is 30.0 Å². The van der Waals surface area contributed by atoms with E-state index in [0.29, 0.717) is 16.3 Å². The first-order chi connectivity index (χ1) is 17.6. The summed E-state index contributed by atoms with van der Waals surface area (Å²) in [5.74, 6) is -0.692. The van der Waals surface area contributed by atoms with Crippen LogP contribution in [0.25, 0.3) is 10.8 Å². The van der Waals surface area contributed by atoms with Crippen molar-refractivity contribution in [1.29, 1.82) is 0 Å². The van der Waals surface area contributed by atoms with E-state index in [0.717, 1.165) is 12.1 Å². The van der Waals surface area contributed by atoms with Crippen molar-refractivity contribution in [3.05, 3.63) is 81.3 Å². The summed E-state index contributed by atoms with van der Waals surface area (Å²) in [6.07, 6.45) is -5.48. The Hall–Kier alpha value is -3.01. The van der Waals surface area contributed by atoms with Gasteiger partial charge in [0, 0.05) is 45.6 Å². The molecule has 194 valence electrons. The predicted molar refractivity (Wildman–Crippen MR) is 136 cm³/mol. The minimum Gasteiger partial charge on any atom is -0.374 e. The fraction of sp³-hybridized carbons (Fsp3) is 0.240. The summed E-state index contributed by atoms with van der Waals surface area (Å²) < 4.78 is 43.2. The maximum Gasteiger partial charge on any atom is 0.435 e. The zero-order chi connectivity index (χ0) is 26.8. The molecule has 0 aromatic heterocycles. The fourth-order valence-corrected chi connectivity index (χ4v) is 4.71. The third-order valence-electron chi connectivity index (χ3n) is 5.82. The number of alkyl halides is 4. The SMILES string of the molecule is O=C(CNC(=O)c1ccc(C2=NOC(c3cc(Cl)cc(Cl)c3)(C(F)(F)F)C2)c2ccccc12)NCCCl. The third kappa shape index (κ3) is 5.49. The highest BCUT2D eigenvalue weighted by atomic mass is 35.5. The van der Waals surface area contributed by atoms with Crippen LogP contribution in [0.5, 0.6) is 0 Å². The summed E-state index contributed by atoms with van der Waals surface area (Å²) in [5, 5.41) is 9.91. The van der Waals surface area contributed by atoms with Gasteiger partial charge >= 0.3 is 6.18 Å². The van der Waals surface area contributed by atoms with E-state index >= 15 is 0 Å². The molecule has 3 aromatic carbocycles. The number of carbonyl (C=O) groups is 2. The van der Waals surface area contributed by atoms with Crippen LogP contribution in [0, 0.1) is 0 Å². The lowest BCUT2D eigenvalue weighted by Crippen LogP contribution is -2.42. The molecule has 0 aliphatic carbocycles. The number of oxime groups is 1. The van der Waals surface area contributed by atoms with Gasteiger partial charge in [-0.1, -0.05) is 58.7 Å². The van der Waals surface area contributed by atoms with Crippen molar-refractivity contribution in [1.82, 2.24) is 10.6 Å². The molecule has 0 saturated heterocycles. The molecule has 12 heteroatoms. The number of nitrogens with zero attached hydrogens (tertiary/aromatic N) is 1. The van der Waals surface area contributed by atoms with E-state index in [-0.39, 0.29) is 45.9 Å². The largest absolute Gasteiger partial charge is 0.435 e.